The molecule has 1 atom stereocenters. The van der Waals surface area contributed by atoms with E-state index in [1.165, 1.54) is 23.5 Å². The smallest absolute Gasteiger partial charge is 0.251 e. The number of ether oxygens (including phenoxy) is 1. The van der Waals surface area contributed by atoms with Gasteiger partial charge in [-0.15, -0.1) is 6.58 Å². The third-order valence-corrected chi connectivity index (χ3v) is 6.53. The number of amides is 1. The fraction of sp³-hybridized carbons (Fsp3) is 0.348. The molecule has 0 heterocycles. The van der Waals surface area contributed by atoms with Gasteiger partial charge in [0.25, 0.3) is 5.91 Å². The number of methoxy groups -OCH3 is 1. The van der Waals surface area contributed by atoms with Crippen LogP contribution >= 0.6 is 0 Å². The SMILES string of the molecule is C=CCN(Cc1ccc(C(=O)N[C@H](C)CCC)cc1)S(=O)(=O)c1ccc(OC)cc1. The molecule has 0 spiro atoms. The Morgan fingerprint density at radius 1 is 1.17 bits per heavy atom. The molecule has 0 aliphatic heterocycles. The van der Waals surface area contributed by atoms with Crippen LogP contribution in [0.25, 0.3) is 0 Å². The third-order valence-electron chi connectivity index (χ3n) is 4.70. The van der Waals surface area contributed by atoms with Crippen LogP contribution < -0.4 is 10.1 Å². The fourth-order valence-electron chi connectivity index (χ4n) is 3.07. The van der Waals surface area contributed by atoms with E-state index < -0.39 is 10.0 Å². The Labute approximate surface area is 179 Å². The first-order chi connectivity index (χ1) is 14.3. The number of nitrogens with one attached hydrogen (secondary N) is 1. The van der Waals surface area contributed by atoms with Crippen molar-refractivity contribution < 1.29 is 17.9 Å². The second kappa shape index (κ2) is 10.9. The molecule has 2 aromatic rings. The van der Waals surface area contributed by atoms with Crippen molar-refractivity contribution in [3.05, 3.63) is 72.3 Å². The Hall–Kier alpha value is -2.64. The highest BCUT2D eigenvalue weighted by atomic mass is 32.2. The Morgan fingerprint density at radius 3 is 2.33 bits per heavy atom. The van der Waals surface area contributed by atoms with Crippen molar-refractivity contribution in [3.63, 3.8) is 0 Å². The van der Waals surface area contributed by atoms with E-state index in [0.29, 0.717) is 11.3 Å². The van der Waals surface area contributed by atoms with E-state index in [2.05, 4.69) is 18.8 Å². The minimum absolute atomic E-state index is 0.111. The second-order valence-corrected chi connectivity index (χ2v) is 9.06. The van der Waals surface area contributed by atoms with Crippen molar-refractivity contribution in [1.82, 2.24) is 9.62 Å². The average Bonchev–Trinajstić information content (AvgIpc) is 2.74. The minimum atomic E-state index is -3.71. The number of benzene rings is 2. The molecule has 7 heteroatoms. The molecule has 0 fully saturated rings. The molecule has 1 N–H and O–H groups in total. The van der Waals surface area contributed by atoms with Crippen molar-refractivity contribution in [3.8, 4) is 5.75 Å². The van der Waals surface area contributed by atoms with Crippen molar-refractivity contribution in [2.75, 3.05) is 13.7 Å². The molecule has 0 aliphatic carbocycles. The van der Waals surface area contributed by atoms with Crippen molar-refractivity contribution in [2.24, 2.45) is 0 Å². The van der Waals surface area contributed by atoms with Crippen LogP contribution in [0.1, 0.15) is 42.6 Å². The summed E-state index contributed by atoms with van der Waals surface area (Å²) in [5.74, 6) is 0.461. The van der Waals surface area contributed by atoms with Gasteiger partial charge in [0, 0.05) is 24.7 Å². The number of nitrogens with zero attached hydrogens (tertiary/aromatic N) is 1. The maximum Gasteiger partial charge on any atom is 0.251 e. The molecule has 2 rings (SSSR count). The molecule has 30 heavy (non-hydrogen) atoms. The first-order valence-electron chi connectivity index (χ1n) is 9.96. The molecule has 1 amide bonds. The molecular weight excluding hydrogens is 400 g/mol. The molecule has 0 saturated heterocycles. The van der Waals surface area contributed by atoms with Crippen LogP contribution in [0.4, 0.5) is 0 Å². The summed E-state index contributed by atoms with van der Waals surface area (Å²) in [5, 5.41) is 2.96. The molecular formula is C23H30N2O4S. The van der Waals surface area contributed by atoms with Gasteiger partial charge in [-0.25, -0.2) is 8.42 Å². The highest BCUT2D eigenvalue weighted by Gasteiger charge is 2.24. The van der Waals surface area contributed by atoms with Gasteiger partial charge in [-0.05, 0) is 55.3 Å². The third kappa shape index (κ3) is 6.18. The summed E-state index contributed by atoms with van der Waals surface area (Å²) in [7, 11) is -2.18. The minimum Gasteiger partial charge on any atom is -0.497 e. The van der Waals surface area contributed by atoms with Gasteiger partial charge in [0.05, 0.1) is 12.0 Å². The largest absolute Gasteiger partial charge is 0.497 e. The predicted molar refractivity (Wildman–Crippen MR) is 119 cm³/mol. The molecule has 0 radical (unpaired) electrons. The van der Waals surface area contributed by atoms with Crippen LogP contribution in [0, 0.1) is 0 Å². The maximum absolute atomic E-state index is 13.1. The zero-order valence-electron chi connectivity index (χ0n) is 17.8. The van der Waals surface area contributed by atoms with Crippen LogP contribution in [0.5, 0.6) is 5.75 Å². The van der Waals surface area contributed by atoms with Gasteiger partial charge in [0.15, 0.2) is 0 Å². The normalized spacial score (nSPS) is 12.4. The first kappa shape index (κ1) is 23.6. The van der Waals surface area contributed by atoms with Gasteiger partial charge in [-0.1, -0.05) is 31.6 Å². The Bertz CT molecular complexity index is 938. The van der Waals surface area contributed by atoms with Crippen LogP contribution in [0.3, 0.4) is 0 Å². The molecule has 0 aliphatic rings. The van der Waals surface area contributed by atoms with Crippen molar-refractivity contribution in [2.45, 2.75) is 44.2 Å². The molecule has 162 valence electrons. The van der Waals surface area contributed by atoms with Crippen LogP contribution in [0.15, 0.2) is 66.1 Å². The van der Waals surface area contributed by atoms with Gasteiger partial charge in [0.2, 0.25) is 10.0 Å². The summed E-state index contributed by atoms with van der Waals surface area (Å²) < 4.78 is 32.6. The number of hydrogen-bond acceptors (Lipinski definition) is 4. The number of hydrogen-bond donors (Lipinski definition) is 1. The van der Waals surface area contributed by atoms with Gasteiger partial charge >= 0.3 is 0 Å². The van der Waals surface area contributed by atoms with Gasteiger partial charge in [-0.2, -0.15) is 4.31 Å². The van der Waals surface area contributed by atoms with E-state index in [-0.39, 0.29) is 29.9 Å². The number of carbonyl (C=O) groups excluding carboxylic acids is 1. The molecule has 0 bridgehead atoms. The topological polar surface area (TPSA) is 75.7 Å². The summed E-state index contributed by atoms with van der Waals surface area (Å²) in [6.45, 7) is 8.08. The van der Waals surface area contributed by atoms with Gasteiger partial charge in [0.1, 0.15) is 5.75 Å². The first-order valence-corrected chi connectivity index (χ1v) is 11.4. The van der Waals surface area contributed by atoms with Gasteiger partial charge < -0.3 is 10.1 Å². The Morgan fingerprint density at radius 2 is 1.80 bits per heavy atom. The molecule has 0 unspecified atom stereocenters. The van der Waals surface area contributed by atoms with Crippen LogP contribution in [0.2, 0.25) is 0 Å². The standard InChI is InChI=1S/C23H30N2O4S/c1-5-7-18(3)24-23(26)20-10-8-19(9-11-20)17-25(16-6-2)30(27,28)22-14-12-21(29-4)13-15-22/h6,8-15,18H,2,5,7,16-17H2,1,3-4H3,(H,24,26)/t18-/m1/s1. The highest BCUT2D eigenvalue weighted by Crippen LogP contribution is 2.21. The van der Waals surface area contributed by atoms with E-state index >= 15 is 0 Å². The van der Waals surface area contributed by atoms with Gasteiger partial charge in [-0.3, -0.25) is 4.79 Å². The second-order valence-electron chi connectivity index (χ2n) is 7.12. The quantitative estimate of drug-likeness (QED) is 0.547. The highest BCUT2D eigenvalue weighted by molar-refractivity contribution is 7.89. The lowest BCUT2D eigenvalue weighted by Crippen LogP contribution is -2.32. The Balaban J connectivity index is 2.16. The summed E-state index contributed by atoms with van der Waals surface area (Å²) in [4.78, 5) is 12.5. The van der Waals surface area contributed by atoms with E-state index in [4.69, 9.17) is 4.74 Å². The predicted octanol–water partition coefficient (Wildman–Crippen LogP) is 3.99. The molecule has 2 aromatic carbocycles. The fourth-order valence-corrected chi connectivity index (χ4v) is 4.46. The summed E-state index contributed by atoms with van der Waals surface area (Å²) in [6, 6.07) is 13.4. The molecule has 0 saturated carbocycles. The summed E-state index contributed by atoms with van der Waals surface area (Å²) >= 11 is 0. The maximum atomic E-state index is 13.1. The van der Waals surface area contributed by atoms with E-state index in [0.717, 1.165) is 18.4 Å². The average molecular weight is 431 g/mol. The monoisotopic (exact) mass is 430 g/mol. The van der Waals surface area contributed by atoms with E-state index in [1.807, 2.05) is 6.92 Å². The lowest BCUT2D eigenvalue weighted by Gasteiger charge is -2.21. The Kier molecular flexibility index (Phi) is 8.62. The number of carbonyl (C=O) groups is 1. The molecule has 0 aromatic heterocycles. The lowest BCUT2D eigenvalue weighted by molar-refractivity contribution is 0.0938. The zero-order valence-corrected chi connectivity index (χ0v) is 18.6. The zero-order chi connectivity index (χ0) is 22.1. The summed E-state index contributed by atoms with van der Waals surface area (Å²) in [6.07, 6.45) is 3.48. The molecule has 6 nitrogen and oxygen atoms in total. The van der Waals surface area contributed by atoms with Crippen LogP contribution in [-0.4, -0.2) is 38.3 Å². The number of sulfonamides is 1. The summed E-state index contributed by atoms with van der Waals surface area (Å²) in [5.41, 5.74) is 1.34. The van der Waals surface area contributed by atoms with E-state index in [9.17, 15) is 13.2 Å². The van der Waals surface area contributed by atoms with Crippen molar-refractivity contribution >= 4 is 15.9 Å². The van der Waals surface area contributed by atoms with E-state index in [1.54, 1.807) is 42.5 Å². The van der Waals surface area contributed by atoms with Crippen molar-refractivity contribution in [1.29, 1.82) is 0 Å². The lowest BCUT2D eigenvalue weighted by atomic mass is 10.1. The number of rotatable bonds is 11. The van der Waals surface area contributed by atoms with Crippen LogP contribution in [-0.2, 0) is 16.6 Å².